The first kappa shape index (κ1) is 22.5. The molecule has 1 saturated heterocycles. The molecule has 162 valence electrons. The van der Waals surface area contributed by atoms with Crippen molar-refractivity contribution >= 4 is 23.2 Å². The molecule has 0 spiro atoms. The second kappa shape index (κ2) is 11.8. The van der Waals surface area contributed by atoms with E-state index >= 15 is 0 Å². The number of hydrogen-bond acceptors (Lipinski definition) is 5. The molecular formula is C23H31N3O3S. The predicted octanol–water partition coefficient (Wildman–Crippen LogP) is 2.58. The van der Waals surface area contributed by atoms with E-state index in [4.69, 9.17) is 4.74 Å². The molecule has 1 aliphatic rings. The van der Waals surface area contributed by atoms with Gasteiger partial charge >= 0.3 is 0 Å². The number of carbonyl (C=O) groups is 2. The molecule has 30 heavy (non-hydrogen) atoms. The summed E-state index contributed by atoms with van der Waals surface area (Å²) in [5.74, 6) is 0.208. The minimum atomic E-state index is 0.0149. The maximum absolute atomic E-state index is 12.4. The molecule has 2 amide bonds. The van der Waals surface area contributed by atoms with Crippen molar-refractivity contribution in [3.8, 4) is 0 Å². The number of ether oxygens (including phenoxy) is 1. The lowest BCUT2D eigenvalue weighted by atomic mass is 9.96. The topological polar surface area (TPSA) is 70.7 Å². The normalized spacial score (nSPS) is 15.1. The summed E-state index contributed by atoms with van der Waals surface area (Å²) < 4.78 is 5.22. The number of piperidine rings is 1. The molecule has 0 bridgehead atoms. The number of carbonyl (C=O) groups excluding carboxylic acids is 2. The van der Waals surface area contributed by atoms with Gasteiger partial charge in [-0.2, -0.15) is 0 Å². The van der Waals surface area contributed by atoms with E-state index in [1.165, 1.54) is 4.88 Å². The largest absolute Gasteiger partial charge is 0.380 e. The number of thiophene rings is 1. The zero-order chi connectivity index (χ0) is 21.2. The highest BCUT2D eigenvalue weighted by Crippen LogP contribution is 2.17. The van der Waals surface area contributed by atoms with Crippen LogP contribution in [0.15, 0.2) is 41.8 Å². The van der Waals surface area contributed by atoms with E-state index in [-0.39, 0.29) is 17.7 Å². The van der Waals surface area contributed by atoms with Crippen LogP contribution in [0.4, 0.5) is 0 Å². The highest BCUT2D eigenvalue weighted by atomic mass is 32.1. The van der Waals surface area contributed by atoms with Crippen molar-refractivity contribution in [2.75, 3.05) is 33.3 Å². The van der Waals surface area contributed by atoms with Crippen LogP contribution in [0, 0.1) is 5.92 Å². The third-order valence-corrected chi connectivity index (χ3v) is 6.41. The van der Waals surface area contributed by atoms with Crippen molar-refractivity contribution in [2.24, 2.45) is 5.92 Å². The first-order valence-corrected chi connectivity index (χ1v) is 11.4. The Bertz CT molecular complexity index is 802. The maximum Gasteiger partial charge on any atom is 0.234 e. The Kier molecular flexibility index (Phi) is 8.86. The molecule has 6 nitrogen and oxygen atoms in total. The van der Waals surface area contributed by atoms with Crippen molar-refractivity contribution in [3.05, 3.63) is 57.8 Å². The van der Waals surface area contributed by atoms with Gasteiger partial charge in [0.1, 0.15) is 0 Å². The Morgan fingerprint density at radius 2 is 1.87 bits per heavy atom. The van der Waals surface area contributed by atoms with Crippen LogP contribution in [0.1, 0.15) is 28.8 Å². The number of hydrogen-bond donors (Lipinski definition) is 2. The lowest BCUT2D eigenvalue weighted by Crippen LogP contribution is -2.44. The molecule has 2 heterocycles. The van der Waals surface area contributed by atoms with Crippen LogP contribution in [0.2, 0.25) is 0 Å². The van der Waals surface area contributed by atoms with Crippen LogP contribution in [-0.4, -0.2) is 50.0 Å². The summed E-state index contributed by atoms with van der Waals surface area (Å²) in [5.41, 5.74) is 2.16. The number of rotatable bonds is 10. The van der Waals surface area contributed by atoms with E-state index in [0.717, 1.165) is 43.5 Å². The van der Waals surface area contributed by atoms with Gasteiger partial charge in [0, 0.05) is 31.0 Å². The molecule has 7 heteroatoms. The molecule has 0 radical (unpaired) electrons. The molecule has 1 fully saturated rings. The Balaban J connectivity index is 1.34. The molecule has 0 saturated carbocycles. The number of likely N-dealkylation sites (tertiary alicyclic amines) is 1. The average molecular weight is 430 g/mol. The van der Waals surface area contributed by atoms with Gasteiger partial charge in [-0.05, 0) is 54.9 Å². The van der Waals surface area contributed by atoms with E-state index in [9.17, 15) is 9.59 Å². The van der Waals surface area contributed by atoms with Gasteiger partial charge in [-0.1, -0.05) is 30.3 Å². The highest BCUT2D eigenvalue weighted by molar-refractivity contribution is 7.09. The zero-order valence-electron chi connectivity index (χ0n) is 17.6. The molecule has 3 rings (SSSR count). The number of benzene rings is 1. The van der Waals surface area contributed by atoms with Gasteiger partial charge in [0.2, 0.25) is 11.8 Å². The van der Waals surface area contributed by atoms with Crippen molar-refractivity contribution in [3.63, 3.8) is 0 Å². The van der Waals surface area contributed by atoms with Crippen LogP contribution >= 0.6 is 11.3 Å². The average Bonchev–Trinajstić information content (AvgIpc) is 3.27. The second-order valence-electron chi connectivity index (χ2n) is 7.65. The molecule has 0 atom stereocenters. The minimum Gasteiger partial charge on any atom is -0.380 e. The summed E-state index contributed by atoms with van der Waals surface area (Å²) >= 11 is 1.72. The third kappa shape index (κ3) is 6.93. The fourth-order valence-electron chi connectivity index (χ4n) is 3.74. The van der Waals surface area contributed by atoms with Gasteiger partial charge in [-0.3, -0.25) is 14.5 Å². The summed E-state index contributed by atoms with van der Waals surface area (Å²) in [4.78, 5) is 28.2. The summed E-state index contributed by atoms with van der Waals surface area (Å²) in [5, 5.41) is 8.12. The van der Waals surface area contributed by atoms with Crippen molar-refractivity contribution in [1.82, 2.24) is 15.5 Å². The summed E-state index contributed by atoms with van der Waals surface area (Å²) in [6, 6.07) is 12.1. The highest BCUT2D eigenvalue weighted by Gasteiger charge is 2.25. The van der Waals surface area contributed by atoms with Crippen LogP contribution < -0.4 is 10.6 Å². The maximum atomic E-state index is 12.4. The zero-order valence-corrected chi connectivity index (χ0v) is 18.4. The Morgan fingerprint density at radius 3 is 2.57 bits per heavy atom. The first-order chi connectivity index (χ1) is 14.7. The molecule has 2 N–H and O–H groups in total. The standard InChI is InChI=1S/C23H31N3O3S/c1-29-17-20-6-3-2-5-19(20)15-25-22(27)16-26-12-9-18(10-13-26)23(28)24-11-8-21-7-4-14-30-21/h2-7,14,18H,8-13,15-17H2,1H3,(H,24,28)(H,25,27). The van der Waals surface area contributed by atoms with Crippen LogP contribution in [0.25, 0.3) is 0 Å². The van der Waals surface area contributed by atoms with Gasteiger partial charge < -0.3 is 15.4 Å². The number of nitrogens with zero attached hydrogens (tertiary/aromatic N) is 1. The minimum absolute atomic E-state index is 0.0149. The third-order valence-electron chi connectivity index (χ3n) is 5.47. The monoisotopic (exact) mass is 429 g/mol. The van der Waals surface area contributed by atoms with E-state index in [2.05, 4.69) is 27.0 Å². The van der Waals surface area contributed by atoms with E-state index < -0.39 is 0 Å². The van der Waals surface area contributed by atoms with Gasteiger partial charge in [0.15, 0.2) is 0 Å². The summed E-state index contributed by atoms with van der Waals surface area (Å²) in [6.07, 6.45) is 2.49. The SMILES string of the molecule is COCc1ccccc1CNC(=O)CN1CCC(C(=O)NCCc2cccs2)CC1. The van der Waals surface area contributed by atoms with Crippen LogP contribution in [0.5, 0.6) is 0 Å². The summed E-state index contributed by atoms with van der Waals surface area (Å²) in [7, 11) is 1.67. The molecule has 0 unspecified atom stereocenters. The Hall–Kier alpha value is -2.22. The summed E-state index contributed by atoms with van der Waals surface area (Å²) in [6.45, 7) is 3.65. The van der Waals surface area contributed by atoms with Crippen molar-refractivity contribution in [2.45, 2.75) is 32.4 Å². The number of methoxy groups -OCH3 is 1. The van der Waals surface area contributed by atoms with Crippen molar-refractivity contribution < 1.29 is 14.3 Å². The molecule has 1 aromatic heterocycles. The Labute approximate surface area is 182 Å². The van der Waals surface area contributed by atoms with Gasteiger partial charge in [0.25, 0.3) is 0 Å². The molecule has 1 aromatic carbocycles. The quantitative estimate of drug-likeness (QED) is 0.609. The van der Waals surface area contributed by atoms with Crippen molar-refractivity contribution in [1.29, 1.82) is 0 Å². The van der Waals surface area contributed by atoms with Gasteiger partial charge in [-0.15, -0.1) is 11.3 Å². The smallest absolute Gasteiger partial charge is 0.234 e. The molecular weight excluding hydrogens is 398 g/mol. The molecule has 1 aliphatic heterocycles. The number of nitrogens with one attached hydrogen (secondary N) is 2. The van der Waals surface area contributed by atoms with Gasteiger partial charge in [-0.25, -0.2) is 0 Å². The predicted molar refractivity (Wildman–Crippen MR) is 119 cm³/mol. The lowest BCUT2D eigenvalue weighted by molar-refractivity contribution is -0.126. The Morgan fingerprint density at radius 1 is 1.10 bits per heavy atom. The van der Waals surface area contributed by atoms with Crippen LogP contribution in [0.3, 0.4) is 0 Å². The molecule has 2 aromatic rings. The fourth-order valence-corrected chi connectivity index (χ4v) is 4.45. The first-order valence-electron chi connectivity index (χ1n) is 10.5. The second-order valence-corrected chi connectivity index (χ2v) is 8.68. The molecule has 0 aliphatic carbocycles. The van der Waals surface area contributed by atoms with E-state index in [1.807, 2.05) is 30.3 Å². The van der Waals surface area contributed by atoms with E-state index in [0.29, 0.717) is 26.2 Å². The van der Waals surface area contributed by atoms with Gasteiger partial charge in [0.05, 0.1) is 13.2 Å². The fraction of sp³-hybridized carbons (Fsp3) is 0.478. The number of amides is 2. The van der Waals surface area contributed by atoms with E-state index in [1.54, 1.807) is 18.4 Å². The van der Waals surface area contributed by atoms with Crippen LogP contribution in [-0.2, 0) is 33.9 Å². The lowest BCUT2D eigenvalue weighted by Gasteiger charge is -2.30.